The molecular weight excluding hydrogens is 302 g/mol. The minimum atomic E-state index is -0.687. The molecule has 0 unspecified atom stereocenters. The number of rotatable bonds is 4. The summed E-state index contributed by atoms with van der Waals surface area (Å²) in [6, 6.07) is 15.6. The minimum Gasteiger partial charge on any atom is -0.322 e. The molecule has 0 atom stereocenters. The molecule has 0 aromatic heterocycles. The van der Waals surface area contributed by atoms with Crippen LogP contribution in [0.3, 0.4) is 0 Å². The van der Waals surface area contributed by atoms with Gasteiger partial charge >= 0.3 is 0 Å². The van der Waals surface area contributed by atoms with E-state index in [-0.39, 0.29) is 5.57 Å². The molecule has 2 rings (SSSR count). The number of hydrogen-bond acceptors (Lipinski definition) is 3. The maximum Gasteiger partial charge on any atom is 0.270 e. The summed E-state index contributed by atoms with van der Waals surface area (Å²) < 4.78 is 0. The highest BCUT2D eigenvalue weighted by atomic mass is 35.5. The third kappa shape index (κ3) is 4.18. The van der Waals surface area contributed by atoms with Gasteiger partial charge in [-0.2, -0.15) is 0 Å². The van der Waals surface area contributed by atoms with Crippen LogP contribution in [-0.4, -0.2) is 11.8 Å². The average molecular weight is 316 g/mol. The van der Waals surface area contributed by atoms with Crippen molar-refractivity contribution in [3.8, 4) is 0 Å². The summed E-state index contributed by atoms with van der Waals surface area (Å²) in [5.41, 5.74) is 3.05. The average Bonchev–Trinajstić information content (AvgIpc) is 2.53. The Hall–Kier alpha value is -2.63. The first-order valence-corrected chi connectivity index (χ1v) is 6.82. The van der Waals surface area contributed by atoms with Crippen LogP contribution in [0.1, 0.15) is 5.56 Å². The molecule has 0 aliphatic heterocycles. The van der Waals surface area contributed by atoms with Crippen LogP contribution in [0.4, 0.5) is 5.69 Å². The zero-order chi connectivity index (χ0) is 15.9. The fourth-order valence-corrected chi connectivity index (χ4v) is 1.99. The van der Waals surface area contributed by atoms with Crippen molar-refractivity contribution in [1.29, 1.82) is 0 Å². The van der Waals surface area contributed by atoms with Gasteiger partial charge in [-0.05, 0) is 35.9 Å². The standard InChI is InChI=1S/C16H14ClN3O2/c17-12-6-4-5-11(9-12)10-14(16(22)20-18)15(21)19-13-7-2-1-3-8-13/h1-10H,18H2,(H,19,21)(H,20,22)/b14-10-. The second kappa shape index (κ2) is 7.40. The molecule has 0 fully saturated rings. The van der Waals surface area contributed by atoms with Gasteiger partial charge in [0.05, 0.1) is 0 Å². The number of carbonyl (C=O) groups excluding carboxylic acids is 2. The first kappa shape index (κ1) is 15.8. The molecule has 22 heavy (non-hydrogen) atoms. The second-order valence-corrected chi connectivity index (χ2v) is 4.84. The largest absolute Gasteiger partial charge is 0.322 e. The number of nitrogens with two attached hydrogens (primary N) is 1. The van der Waals surface area contributed by atoms with Gasteiger partial charge in [0.1, 0.15) is 5.57 Å². The monoisotopic (exact) mass is 315 g/mol. The zero-order valence-electron chi connectivity index (χ0n) is 11.5. The Morgan fingerprint density at radius 2 is 1.73 bits per heavy atom. The molecule has 4 N–H and O–H groups in total. The quantitative estimate of drug-likeness (QED) is 0.202. The van der Waals surface area contributed by atoms with E-state index in [1.54, 1.807) is 48.5 Å². The zero-order valence-corrected chi connectivity index (χ0v) is 12.3. The van der Waals surface area contributed by atoms with Crippen LogP contribution >= 0.6 is 11.6 Å². The molecule has 2 aromatic rings. The number of hydrogen-bond donors (Lipinski definition) is 3. The number of para-hydroxylation sites is 1. The Labute approximate surface area is 132 Å². The second-order valence-electron chi connectivity index (χ2n) is 4.41. The fraction of sp³-hybridized carbons (Fsp3) is 0. The smallest absolute Gasteiger partial charge is 0.270 e. The lowest BCUT2D eigenvalue weighted by atomic mass is 10.1. The van der Waals surface area contributed by atoms with Crippen molar-refractivity contribution in [3.05, 3.63) is 70.8 Å². The molecule has 0 aliphatic rings. The highest BCUT2D eigenvalue weighted by molar-refractivity contribution is 6.31. The lowest BCUT2D eigenvalue weighted by molar-refractivity contribution is -0.121. The van der Waals surface area contributed by atoms with Gasteiger partial charge < -0.3 is 5.32 Å². The van der Waals surface area contributed by atoms with E-state index in [1.165, 1.54) is 6.08 Å². The Morgan fingerprint density at radius 1 is 1.00 bits per heavy atom. The number of benzene rings is 2. The summed E-state index contributed by atoms with van der Waals surface area (Å²) in [4.78, 5) is 24.1. The molecule has 112 valence electrons. The molecular formula is C16H14ClN3O2. The summed E-state index contributed by atoms with van der Waals surface area (Å²) in [5, 5.41) is 3.14. The highest BCUT2D eigenvalue weighted by Gasteiger charge is 2.17. The maximum absolute atomic E-state index is 12.3. The molecule has 0 bridgehead atoms. The maximum atomic E-state index is 12.3. The van der Waals surface area contributed by atoms with Crippen molar-refractivity contribution in [2.24, 2.45) is 5.84 Å². The number of nitrogens with one attached hydrogen (secondary N) is 2. The van der Waals surface area contributed by atoms with Crippen LogP contribution in [0.15, 0.2) is 60.2 Å². The topological polar surface area (TPSA) is 84.2 Å². The molecule has 0 spiro atoms. The first-order chi connectivity index (χ1) is 10.6. The molecule has 2 aromatic carbocycles. The summed E-state index contributed by atoms with van der Waals surface area (Å²) in [6.45, 7) is 0. The Morgan fingerprint density at radius 3 is 2.36 bits per heavy atom. The summed E-state index contributed by atoms with van der Waals surface area (Å²) in [7, 11) is 0. The van der Waals surface area contributed by atoms with Crippen LogP contribution in [0.25, 0.3) is 6.08 Å². The van der Waals surface area contributed by atoms with E-state index in [1.807, 2.05) is 11.5 Å². The molecule has 0 saturated heterocycles. The number of halogens is 1. The summed E-state index contributed by atoms with van der Waals surface area (Å²) in [5.74, 6) is 3.89. The van der Waals surface area contributed by atoms with E-state index in [4.69, 9.17) is 17.4 Å². The van der Waals surface area contributed by atoms with Crippen LogP contribution in [0, 0.1) is 0 Å². The molecule has 0 aliphatic carbocycles. The lowest BCUT2D eigenvalue weighted by Gasteiger charge is -2.08. The number of amides is 2. The van der Waals surface area contributed by atoms with Crippen molar-refractivity contribution in [3.63, 3.8) is 0 Å². The van der Waals surface area contributed by atoms with E-state index in [9.17, 15) is 9.59 Å². The number of carbonyl (C=O) groups is 2. The van der Waals surface area contributed by atoms with Gasteiger partial charge in [0.15, 0.2) is 0 Å². The molecule has 2 amide bonds. The van der Waals surface area contributed by atoms with Gasteiger partial charge in [-0.15, -0.1) is 0 Å². The van der Waals surface area contributed by atoms with Crippen LogP contribution in [0.2, 0.25) is 5.02 Å². The fourth-order valence-electron chi connectivity index (χ4n) is 1.79. The van der Waals surface area contributed by atoms with E-state index in [0.29, 0.717) is 16.3 Å². The predicted octanol–water partition coefficient (Wildman–Crippen LogP) is 2.35. The molecule has 0 saturated carbocycles. The predicted molar refractivity (Wildman–Crippen MR) is 86.8 cm³/mol. The van der Waals surface area contributed by atoms with Gasteiger partial charge in [0.25, 0.3) is 11.8 Å². The molecule has 0 radical (unpaired) electrons. The molecule has 0 heterocycles. The third-order valence-electron chi connectivity index (χ3n) is 2.81. The lowest BCUT2D eigenvalue weighted by Crippen LogP contribution is -2.35. The van der Waals surface area contributed by atoms with Crippen LogP contribution in [-0.2, 0) is 9.59 Å². The minimum absolute atomic E-state index is 0.117. The van der Waals surface area contributed by atoms with E-state index in [2.05, 4.69) is 5.32 Å². The normalized spacial score (nSPS) is 10.9. The Bertz CT molecular complexity index is 714. The van der Waals surface area contributed by atoms with Crippen LogP contribution in [0.5, 0.6) is 0 Å². The SMILES string of the molecule is NNC(=O)/C(=C\c1cccc(Cl)c1)C(=O)Nc1ccccc1. The highest BCUT2D eigenvalue weighted by Crippen LogP contribution is 2.15. The van der Waals surface area contributed by atoms with Gasteiger partial charge in [0, 0.05) is 10.7 Å². The summed E-state index contributed by atoms with van der Waals surface area (Å²) in [6.07, 6.45) is 1.42. The number of hydrazine groups is 1. The van der Waals surface area contributed by atoms with Crippen LogP contribution < -0.4 is 16.6 Å². The summed E-state index contributed by atoms with van der Waals surface area (Å²) >= 11 is 5.90. The van der Waals surface area contributed by atoms with Gasteiger partial charge in [-0.25, -0.2) is 5.84 Å². The van der Waals surface area contributed by atoms with Crippen molar-refractivity contribution in [2.45, 2.75) is 0 Å². The Kier molecular flexibility index (Phi) is 5.30. The van der Waals surface area contributed by atoms with Crippen molar-refractivity contribution in [1.82, 2.24) is 5.43 Å². The van der Waals surface area contributed by atoms with Crippen molar-refractivity contribution < 1.29 is 9.59 Å². The van der Waals surface area contributed by atoms with Crippen molar-refractivity contribution >= 4 is 35.2 Å². The molecule has 5 nitrogen and oxygen atoms in total. The molecule has 6 heteroatoms. The van der Waals surface area contributed by atoms with Gasteiger partial charge in [0.2, 0.25) is 0 Å². The first-order valence-electron chi connectivity index (χ1n) is 6.45. The van der Waals surface area contributed by atoms with E-state index >= 15 is 0 Å². The van der Waals surface area contributed by atoms with Gasteiger partial charge in [-0.3, -0.25) is 15.0 Å². The Balaban J connectivity index is 2.30. The number of anilines is 1. The van der Waals surface area contributed by atoms with E-state index < -0.39 is 11.8 Å². The van der Waals surface area contributed by atoms with Gasteiger partial charge in [-0.1, -0.05) is 41.9 Å². The van der Waals surface area contributed by atoms with E-state index in [0.717, 1.165) is 0 Å². The van der Waals surface area contributed by atoms with Crippen molar-refractivity contribution in [2.75, 3.05) is 5.32 Å². The third-order valence-corrected chi connectivity index (χ3v) is 3.05.